The van der Waals surface area contributed by atoms with Gasteiger partial charge in [0.2, 0.25) is 5.28 Å². The Hall–Kier alpha value is -1.04. The molecule has 3 heterocycles. The molecule has 0 aliphatic carbocycles. The monoisotopic (exact) mass is 282 g/mol. The number of nitrogens with zero attached hydrogens (tertiary/aromatic N) is 2. The van der Waals surface area contributed by atoms with Crippen LogP contribution in [-0.2, 0) is 0 Å². The molecule has 0 saturated heterocycles. The molecule has 6 heteroatoms. The highest BCUT2D eigenvalue weighted by Gasteiger charge is 2.11. The molecule has 0 fully saturated rings. The molecule has 0 radical (unpaired) electrons. The molecule has 17 heavy (non-hydrogen) atoms. The van der Waals surface area contributed by atoms with Crippen molar-refractivity contribution in [2.45, 2.75) is 16.8 Å². The third-order valence-electron chi connectivity index (χ3n) is 2.28. The van der Waals surface area contributed by atoms with Crippen LogP contribution in [0.3, 0.4) is 0 Å². The van der Waals surface area contributed by atoms with E-state index in [2.05, 4.69) is 9.97 Å². The zero-order chi connectivity index (χ0) is 11.8. The van der Waals surface area contributed by atoms with E-state index in [1.165, 1.54) is 0 Å². The van der Waals surface area contributed by atoms with Gasteiger partial charge in [-0.15, -0.1) is 11.3 Å². The summed E-state index contributed by atoms with van der Waals surface area (Å²) in [5.74, 6) is 0.883. The van der Waals surface area contributed by atoms with Crippen LogP contribution in [0.25, 0.3) is 10.2 Å². The fourth-order valence-electron chi connectivity index (χ4n) is 1.46. The van der Waals surface area contributed by atoms with Crippen molar-refractivity contribution in [2.24, 2.45) is 0 Å². The van der Waals surface area contributed by atoms with Crippen LogP contribution in [0.4, 0.5) is 0 Å². The fourth-order valence-corrected chi connectivity index (χ4v) is 3.49. The van der Waals surface area contributed by atoms with Gasteiger partial charge in [-0.25, -0.2) is 9.97 Å². The molecule has 0 unspecified atom stereocenters. The normalized spacial score (nSPS) is 11.2. The first-order valence-corrected chi connectivity index (χ1v) is 6.94. The van der Waals surface area contributed by atoms with E-state index in [9.17, 15) is 0 Å². The molecule has 86 valence electrons. The Kier molecular flexibility index (Phi) is 2.82. The zero-order valence-electron chi connectivity index (χ0n) is 8.81. The number of rotatable bonds is 2. The molecular formula is C11H7ClN2OS2. The van der Waals surface area contributed by atoms with Crippen LogP contribution in [0.5, 0.6) is 0 Å². The summed E-state index contributed by atoms with van der Waals surface area (Å²) in [4.78, 5) is 10.4. The average Bonchev–Trinajstić information content (AvgIpc) is 2.88. The molecule has 0 aliphatic heterocycles. The molecule has 0 spiro atoms. The molecule has 0 saturated carbocycles. The van der Waals surface area contributed by atoms with E-state index in [1.54, 1.807) is 29.4 Å². The highest BCUT2D eigenvalue weighted by Crippen LogP contribution is 2.35. The van der Waals surface area contributed by atoms with Gasteiger partial charge < -0.3 is 4.42 Å². The standard InChI is InChI=1S/C11H7ClN2OS2/c1-6-8(2-4-15-6)17-10-7-3-5-16-9(7)13-11(12)14-10/h2-5H,1H3. The highest BCUT2D eigenvalue weighted by molar-refractivity contribution is 7.99. The van der Waals surface area contributed by atoms with Gasteiger partial charge in [0.15, 0.2) is 0 Å². The molecule has 0 aromatic carbocycles. The minimum Gasteiger partial charge on any atom is -0.468 e. The summed E-state index contributed by atoms with van der Waals surface area (Å²) in [6, 6.07) is 3.93. The predicted molar refractivity (Wildman–Crippen MR) is 70.0 cm³/mol. The van der Waals surface area contributed by atoms with Gasteiger partial charge in [0.1, 0.15) is 15.6 Å². The lowest BCUT2D eigenvalue weighted by atomic mass is 10.4. The Balaban J connectivity index is 2.11. The van der Waals surface area contributed by atoms with Crippen LogP contribution >= 0.6 is 34.7 Å². The third kappa shape index (κ3) is 2.06. The summed E-state index contributed by atoms with van der Waals surface area (Å²) >= 11 is 9.02. The Labute approximate surface area is 111 Å². The number of fused-ring (bicyclic) bond motifs is 1. The van der Waals surface area contributed by atoms with Gasteiger partial charge in [-0.3, -0.25) is 0 Å². The Morgan fingerprint density at radius 2 is 2.24 bits per heavy atom. The van der Waals surface area contributed by atoms with Crippen LogP contribution < -0.4 is 0 Å². The molecule has 0 amide bonds. The lowest BCUT2D eigenvalue weighted by molar-refractivity contribution is 0.527. The van der Waals surface area contributed by atoms with Crippen LogP contribution in [-0.4, -0.2) is 9.97 Å². The summed E-state index contributed by atoms with van der Waals surface area (Å²) in [5, 5.41) is 4.17. The Morgan fingerprint density at radius 1 is 1.35 bits per heavy atom. The molecule has 0 N–H and O–H groups in total. The smallest absolute Gasteiger partial charge is 0.224 e. The van der Waals surface area contributed by atoms with Gasteiger partial charge in [-0.2, -0.15) is 0 Å². The molecular weight excluding hydrogens is 276 g/mol. The second-order valence-corrected chi connectivity index (χ2v) is 5.64. The molecule has 0 atom stereocenters. The van der Waals surface area contributed by atoms with Gasteiger partial charge in [0.05, 0.1) is 11.2 Å². The van der Waals surface area contributed by atoms with Crippen molar-refractivity contribution >= 4 is 44.9 Å². The lowest BCUT2D eigenvalue weighted by Crippen LogP contribution is -1.86. The van der Waals surface area contributed by atoms with Gasteiger partial charge in [0.25, 0.3) is 0 Å². The van der Waals surface area contributed by atoms with Crippen molar-refractivity contribution in [1.29, 1.82) is 0 Å². The topological polar surface area (TPSA) is 38.9 Å². The molecule has 3 nitrogen and oxygen atoms in total. The van der Waals surface area contributed by atoms with E-state index in [0.29, 0.717) is 0 Å². The van der Waals surface area contributed by atoms with Crippen LogP contribution in [0.2, 0.25) is 5.28 Å². The fraction of sp³-hybridized carbons (Fsp3) is 0.0909. The summed E-state index contributed by atoms with van der Waals surface area (Å²) < 4.78 is 5.27. The molecule has 0 aliphatic rings. The maximum atomic E-state index is 5.91. The summed E-state index contributed by atoms with van der Waals surface area (Å²) in [7, 11) is 0. The quantitative estimate of drug-likeness (QED) is 0.516. The maximum Gasteiger partial charge on any atom is 0.224 e. The van der Waals surface area contributed by atoms with Gasteiger partial charge in [-0.05, 0) is 36.0 Å². The Morgan fingerprint density at radius 3 is 3.00 bits per heavy atom. The van der Waals surface area contributed by atoms with Crippen LogP contribution in [0, 0.1) is 6.92 Å². The number of hydrogen-bond acceptors (Lipinski definition) is 5. The third-order valence-corrected chi connectivity index (χ3v) is 4.40. The number of aromatic nitrogens is 2. The molecule has 0 bridgehead atoms. The minimum atomic E-state index is 0.281. The second kappa shape index (κ2) is 4.33. The second-order valence-electron chi connectivity index (χ2n) is 3.38. The number of hydrogen-bond donors (Lipinski definition) is 0. The number of aryl methyl sites for hydroxylation is 1. The largest absolute Gasteiger partial charge is 0.468 e. The van der Waals surface area contributed by atoms with Crippen molar-refractivity contribution < 1.29 is 4.42 Å². The van der Waals surface area contributed by atoms with Crippen molar-refractivity contribution in [1.82, 2.24) is 9.97 Å². The average molecular weight is 283 g/mol. The van der Waals surface area contributed by atoms with Gasteiger partial charge in [0, 0.05) is 5.39 Å². The number of furan rings is 1. The van der Waals surface area contributed by atoms with Gasteiger partial charge >= 0.3 is 0 Å². The summed E-state index contributed by atoms with van der Waals surface area (Å²) in [5.41, 5.74) is 0. The molecule has 3 rings (SSSR count). The molecule has 3 aromatic heterocycles. The predicted octanol–water partition coefficient (Wildman–Crippen LogP) is 4.40. The van der Waals surface area contributed by atoms with Crippen molar-refractivity contribution in [2.75, 3.05) is 0 Å². The van der Waals surface area contributed by atoms with E-state index in [1.807, 2.05) is 24.4 Å². The number of halogens is 1. The van der Waals surface area contributed by atoms with Crippen LogP contribution in [0.1, 0.15) is 5.76 Å². The van der Waals surface area contributed by atoms with E-state index in [0.717, 1.165) is 25.9 Å². The summed E-state index contributed by atoms with van der Waals surface area (Å²) in [6.07, 6.45) is 1.67. The maximum absolute atomic E-state index is 5.91. The first-order valence-electron chi connectivity index (χ1n) is 4.87. The number of thiophene rings is 1. The van der Waals surface area contributed by atoms with Gasteiger partial charge in [-0.1, -0.05) is 11.8 Å². The molecule has 3 aromatic rings. The van der Waals surface area contributed by atoms with E-state index >= 15 is 0 Å². The van der Waals surface area contributed by atoms with E-state index in [4.69, 9.17) is 16.0 Å². The highest BCUT2D eigenvalue weighted by atomic mass is 35.5. The zero-order valence-corrected chi connectivity index (χ0v) is 11.2. The SMILES string of the molecule is Cc1occc1Sc1nc(Cl)nc2sccc12. The first kappa shape index (κ1) is 11.1. The van der Waals surface area contributed by atoms with Crippen molar-refractivity contribution in [3.63, 3.8) is 0 Å². The minimum absolute atomic E-state index is 0.281. The van der Waals surface area contributed by atoms with E-state index < -0.39 is 0 Å². The van der Waals surface area contributed by atoms with Crippen molar-refractivity contribution in [3.8, 4) is 0 Å². The Bertz CT molecular complexity index is 677. The first-order chi connectivity index (χ1) is 8.24. The lowest BCUT2D eigenvalue weighted by Gasteiger charge is -2.01. The van der Waals surface area contributed by atoms with E-state index in [-0.39, 0.29) is 5.28 Å². The van der Waals surface area contributed by atoms with Crippen molar-refractivity contribution in [3.05, 3.63) is 34.8 Å². The van der Waals surface area contributed by atoms with Crippen LogP contribution in [0.15, 0.2) is 38.1 Å². The summed E-state index contributed by atoms with van der Waals surface area (Å²) in [6.45, 7) is 1.93.